The number of nitrogens with one attached hydrogen (secondary N) is 1. The van der Waals surface area contributed by atoms with E-state index in [1.165, 1.54) is 46.5 Å². The van der Waals surface area contributed by atoms with Gasteiger partial charge in [0, 0.05) is 30.5 Å². The highest BCUT2D eigenvalue weighted by Crippen LogP contribution is 2.45. The van der Waals surface area contributed by atoms with Gasteiger partial charge in [-0.1, -0.05) is 12.1 Å². The van der Waals surface area contributed by atoms with E-state index in [1.807, 2.05) is 0 Å². The average Bonchev–Trinajstić information content (AvgIpc) is 2.83. The number of hydrogen-bond donors (Lipinski definition) is 4. The van der Waals surface area contributed by atoms with E-state index in [0.717, 1.165) is 0 Å². The van der Waals surface area contributed by atoms with Gasteiger partial charge in [-0.15, -0.1) is 0 Å². The number of benzene rings is 2. The van der Waals surface area contributed by atoms with Crippen LogP contribution in [0.5, 0.6) is 34.5 Å². The second-order valence-corrected chi connectivity index (χ2v) is 8.05. The second kappa shape index (κ2) is 11.4. The molecule has 10 nitrogen and oxygen atoms in total. The zero-order valence-corrected chi connectivity index (χ0v) is 20.5. The zero-order valence-electron chi connectivity index (χ0n) is 20.5. The molecule has 1 aromatic heterocycles. The maximum absolute atomic E-state index is 13.0. The fourth-order valence-electron chi connectivity index (χ4n) is 4.02. The Bertz CT molecular complexity index is 1300. The highest BCUT2D eigenvalue weighted by molar-refractivity contribution is 5.78. The molecule has 0 unspecified atom stereocenters. The fraction of sp³-hybridized carbons (Fsp3) is 0.308. The van der Waals surface area contributed by atoms with E-state index in [0.29, 0.717) is 23.3 Å². The van der Waals surface area contributed by atoms with Crippen molar-refractivity contribution in [2.45, 2.75) is 25.7 Å². The van der Waals surface area contributed by atoms with Crippen LogP contribution in [0.4, 0.5) is 0 Å². The summed E-state index contributed by atoms with van der Waals surface area (Å²) in [5.74, 6) is -1.00. The molecule has 3 rings (SSSR count). The molecule has 36 heavy (non-hydrogen) atoms. The molecule has 0 aliphatic heterocycles. The summed E-state index contributed by atoms with van der Waals surface area (Å²) < 4.78 is 21.6. The van der Waals surface area contributed by atoms with E-state index in [4.69, 9.17) is 18.6 Å². The monoisotopic (exact) mass is 499 g/mol. The summed E-state index contributed by atoms with van der Waals surface area (Å²) in [6, 6.07) is 8.97. The molecule has 1 atom stereocenters. The Morgan fingerprint density at radius 2 is 1.67 bits per heavy atom. The smallest absolute Gasteiger partial charge is 0.343 e. The Labute approximate surface area is 207 Å². The number of aryl methyl sites for hydroxylation is 1. The minimum Gasteiger partial charge on any atom is -0.507 e. The molecule has 4 N–H and O–H groups in total. The van der Waals surface area contributed by atoms with Crippen LogP contribution >= 0.6 is 0 Å². The lowest BCUT2D eigenvalue weighted by Gasteiger charge is -2.22. The predicted molar refractivity (Wildman–Crippen MR) is 130 cm³/mol. The molecule has 0 aliphatic carbocycles. The maximum atomic E-state index is 13.0. The van der Waals surface area contributed by atoms with Crippen LogP contribution in [-0.4, -0.2) is 49.1 Å². The first kappa shape index (κ1) is 26.3. The van der Waals surface area contributed by atoms with Crippen molar-refractivity contribution >= 4 is 5.91 Å². The number of ether oxygens (including phenoxy) is 3. The van der Waals surface area contributed by atoms with Gasteiger partial charge in [-0.05, 0) is 37.1 Å². The molecule has 0 spiro atoms. The number of methoxy groups -OCH3 is 3. The molecule has 0 saturated carbocycles. The summed E-state index contributed by atoms with van der Waals surface area (Å²) in [6.45, 7) is 1.76. The number of phenols is 2. The minimum absolute atomic E-state index is 0.0928. The lowest BCUT2D eigenvalue weighted by Crippen LogP contribution is -2.29. The number of amides is 1. The lowest BCUT2D eigenvalue weighted by molar-refractivity contribution is -0.121. The van der Waals surface area contributed by atoms with Crippen molar-refractivity contribution in [2.75, 3.05) is 27.9 Å². The summed E-state index contributed by atoms with van der Waals surface area (Å²) in [7, 11) is 4.32. The van der Waals surface area contributed by atoms with Crippen molar-refractivity contribution in [3.63, 3.8) is 0 Å². The maximum Gasteiger partial charge on any atom is 0.343 e. The van der Waals surface area contributed by atoms with Crippen molar-refractivity contribution in [2.24, 2.45) is 0 Å². The van der Waals surface area contributed by atoms with E-state index in [-0.39, 0.29) is 53.0 Å². The molecule has 0 radical (unpaired) electrons. The van der Waals surface area contributed by atoms with Crippen molar-refractivity contribution in [3.8, 4) is 34.5 Å². The molecule has 0 aliphatic rings. The summed E-state index contributed by atoms with van der Waals surface area (Å²) in [5.41, 5.74) is 0.257. The van der Waals surface area contributed by atoms with E-state index >= 15 is 0 Å². The summed E-state index contributed by atoms with van der Waals surface area (Å²) in [6.07, 6.45) is 0.176. The predicted octanol–water partition coefficient (Wildman–Crippen LogP) is 2.97. The summed E-state index contributed by atoms with van der Waals surface area (Å²) in [4.78, 5) is 25.8. The molecule has 0 saturated heterocycles. The van der Waals surface area contributed by atoms with E-state index < -0.39 is 17.5 Å². The zero-order chi connectivity index (χ0) is 26.4. The van der Waals surface area contributed by atoms with Crippen LogP contribution < -0.4 is 25.2 Å². The van der Waals surface area contributed by atoms with Gasteiger partial charge >= 0.3 is 5.63 Å². The van der Waals surface area contributed by atoms with E-state index in [2.05, 4.69) is 5.32 Å². The Morgan fingerprint density at radius 3 is 2.28 bits per heavy atom. The van der Waals surface area contributed by atoms with Gasteiger partial charge in [0.15, 0.2) is 23.0 Å². The van der Waals surface area contributed by atoms with Gasteiger partial charge in [0.1, 0.15) is 11.5 Å². The number of rotatable bonds is 10. The molecule has 1 amide bonds. The van der Waals surface area contributed by atoms with Gasteiger partial charge in [0.2, 0.25) is 11.7 Å². The van der Waals surface area contributed by atoms with Gasteiger partial charge < -0.3 is 39.3 Å². The first-order valence-electron chi connectivity index (χ1n) is 11.1. The first-order valence-corrected chi connectivity index (χ1v) is 11.1. The molecule has 2 aromatic carbocycles. The second-order valence-electron chi connectivity index (χ2n) is 8.05. The standard InChI is InChI=1S/C26H29NO9/c1-14-11-20(30)23(26(32)36-14)17(16-6-8-21(33-2)25(35-4)24(16)34-3)13-22(31)27-10-9-15-5-7-18(28)19(29)12-15/h5-8,11-12,17,28-30H,9-10,13H2,1-4H3,(H,27,31)/t17-/m0/s1. The number of aromatic hydroxyl groups is 3. The molecule has 10 heteroatoms. The summed E-state index contributed by atoms with van der Waals surface area (Å²) >= 11 is 0. The molecule has 1 heterocycles. The van der Waals surface area contributed by atoms with Crippen molar-refractivity contribution in [1.82, 2.24) is 5.32 Å². The third-order valence-corrected chi connectivity index (χ3v) is 5.71. The largest absolute Gasteiger partial charge is 0.507 e. The van der Waals surface area contributed by atoms with Crippen LogP contribution in [0.3, 0.4) is 0 Å². The van der Waals surface area contributed by atoms with Gasteiger partial charge in [-0.25, -0.2) is 4.79 Å². The number of phenolic OH excluding ortho intramolecular Hbond substituents is 2. The molecular formula is C26H29NO9. The highest BCUT2D eigenvalue weighted by Gasteiger charge is 2.30. The minimum atomic E-state index is -0.936. The van der Waals surface area contributed by atoms with Gasteiger partial charge in [-0.2, -0.15) is 0 Å². The normalized spacial score (nSPS) is 11.6. The lowest BCUT2D eigenvalue weighted by atomic mass is 9.87. The Morgan fingerprint density at radius 1 is 0.944 bits per heavy atom. The van der Waals surface area contributed by atoms with Gasteiger partial charge in [-0.3, -0.25) is 4.79 Å². The van der Waals surface area contributed by atoms with Crippen molar-refractivity contribution < 1.29 is 38.7 Å². The number of carbonyl (C=O) groups excluding carboxylic acids is 1. The van der Waals surface area contributed by atoms with Crippen LogP contribution in [0, 0.1) is 6.92 Å². The molecule has 0 bridgehead atoms. The third kappa shape index (κ3) is 5.65. The topological polar surface area (TPSA) is 148 Å². The van der Waals surface area contributed by atoms with Crippen LogP contribution in [0.15, 0.2) is 45.6 Å². The van der Waals surface area contributed by atoms with Crippen LogP contribution in [-0.2, 0) is 11.2 Å². The van der Waals surface area contributed by atoms with Crippen molar-refractivity contribution in [1.29, 1.82) is 0 Å². The average molecular weight is 500 g/mol. The van der Waals surface area contributed by atoms with Crippen LogP contribution in [0.2, 0.25) is 0 Å². The summed E-state index contributed by atoms with van der Waals surface area (Å²) in [5, 5.41) is 32.5. The fourth-order valence-corrected chi connectivity index (χ4v) is 4.02. The highest BCUT2D eigenvalue weighted by atomic mass is 16.5. The van der Waals surface area contributed by atoms with E-state index in [9.17, 15) is 24.9 Å². The third-order valence-electron chi connectivity index (χ3n) is 5.71. The number of carbonyl (C=O) groups is 1. The molecular weight excluding hydrogens is 470 g/mol. The van der Waals surface area contributed by atoms with Gasteiger partial charge in [0.25, 0.3) is 0 Å². The van der Waals surface area contributed by atoms with E-state index in [1.54, 1.807) is 18.2 Å². The molecule has 192 valence electrons. The Hall–Kier alpha value is -4.34. The van der Waals surface area contributed by atoms with Crippen molar-refractivity contribution in [3.05, 3.63) is 69.3 Å². The Kier molecular flexibility index (Phi) is 8.31. The SMILES string of the molecule is COc1ccc([C@H](CC(=O)NCCc2ccc(O)c(O)c2)c2c(O)cc(C)oc2=O)c(OC)c1OC. The van der Waals surface area contributed by atoms with Crippen LogP contribution in [0.25, 0.3) is 0 Å². The molecule has 0 fully saturated rings. The number of hydrogen-bond acceptors (Lipinski definition) is 9. The quantitative estimate of drug-likeness (QED) is 0.309. The Balaban J connectivity index is 1.94. The van der Waals surface area contributed by atoms with Crippen LogP contribution in [0.1, 0.15) is 34.8 Å². The first-order chi connectivity index (χ1) is 17.2. The molecule has 3 aromatic rings. The van der Waals surface area contributed by atoms with Gasteiger partial charge in [0.05, 0.1) is 26.9 Å².